The van der Waals surface area contributed by atoms with Crippen LogP contribution in [0.4, 0.5) is 5.82 Å². The fourth-order valence-electron chi connectivity index (χ4n) is 2.74. The maximum Gasteiger partial charge on any atom is 0.270 e. The lowest BCUT2D eigenvalue weighted by Gasteiger charge is -2.30. The molecule has 1 N–H and O–H groups in total. The van der Waals surface area contributed by atoms with Gasteiger partial charge in [-0.15, -0.1) is 0 Å². The van der Waals surface area contributed by atoms with Crippen molar-refractivity contribution >= 4 is 22.6 Å². The van der Waals surface area contributed by atoms with Gasteiger partial charge in [0.15, 0.2) is 11.5 Å². The Morgan fingerprint density at radius 3 is 2.50 bits per heavy atom. The lowest BCUT2D eigenvalue weighted by Crippen LogP contribution is -2.46. The van der Waals surface area contributed by atoms with Gasteiger partial charge >= 0.3 is 0 Å². The molecule has 24 heavy (non-hydrogen) atoms. The number of pyridine rings is 1. The van der Waals surface area contributed by atoms with E-state index < -0.39 is 6.10 Å². The molecule has 3 aromatic rings. The average molecular weight is 320 g/mol. The topological polar surface area (TPSA) is 60.5 Å². The van der Waals surface area contributed by atoms with Gasteiger partial charge in [0.2, 0.25) is 6.10 Å². The molecule has 1 aromatic heterocycles. The Morgan fingerprint density at radius 1 is 0.958 bits per heavy atom. The first-order valence-corrected chi connectivity index (χ1v) is 7.80. The van der Waals surface area contributed by atoms with Crippen LogP contribution < -0.4 is 14.8 Å². The number of carbonyl (C=O) groups excluding carboxylic acids is 1. The lowest BCUT2D eigenvalue weighted by molar-refractivity contribution is -0.128. The van der Waals surface area contributed by atoms with E-state index in [0.29, 0.717) is 17.3 Å². The van der Waals surface area contributed by atoms with E-state index in [0.717, 1.165) is 10.9 Å². The highest BCUT2D eigenvalue weighted by molar-refractivity contribution is 5.95. The second-order valence-electron chi connectivity index (χ2n) is 5.69. The zero-order chi connectivity index (χ0) is 16.5. The maximum absolute atomic E-state index is 12.6. The molecule has 0 aliphatic carbocycles. The summed E-state index contributed by atoms with van der Waals surface area (Å²) in [6.07, 6.45) is -1.12. The summed E-state index contributed by atoms with van der Waals surface area (Å²) in [6, 6.07) is 18.8. The molecule has 0 fully saturated rings. The number of ether oxygens (including phenoxy) is 2. The van der Waals surface area contributed by atoms with Gasteiger partial charge in [0, 0.05) is 5.39 Å². The highest BCUT2D eigenvalue weighted by Crippen LogP contribution is 2.33. The van der Waals surface area contributed by atoms with E-state index >= 15 is 0 Å². The molecule has 2 atom stereocenters. The Bertz CT molecular complexity index is 910. The number of nitrogens with zero attached hydrogens (tertiary/aromatic N) is 1. The summed E-state index contributed by atoms with van der Waals surface area (Å²) in [5, 5.41) is 3.83. The van der Waals surface area contributed by atoms with Crippen molar-refractivity contribution in [2.45, 2.75) is 19.1 Å². The molecule has 120 valence electrons. The Morgan fingerprint density at radius 2 is 1.67 bits per heavy atom. The number of hydrogen-bond donors (Lipinski definition) is 1. The molecule has 1 aliphatic heterocycles. The third-order valence-corrected chi connectivity index (χ3v) is 3.95. The van der Waals surface area contributed by atoms with Crippen molar-refractivity contribution in [1.29, 1.82) is 0 Å². The summed E-state index contributed by atoms with van der Waals surface area (Å²) in [6.45, 7) is 1.81. The van der Waals surface area contributed by atoms with Crippen molar-refractivity contribution in [3.8, 4) is 11.5 Å². The molecule has 5 nitrogen and oxygen atoms in total. The first-order chi connectivity index (χ1) is 11.7. The van der Waals surface area contributed by atoms with E-state index in [2.05, 4.69) is 10.3 Å². The molecule has 0 saturated heterocycles. The van der Waals surface area contributed by atoms with E-state index in [4.69, 9.17) is 9.47 Å². The van der Waals surface area contributed by atoms with Crippen LogP contribution in [0.2, 0.25) is 0 Å². The van der Waals surface area contributed by atoms with E-state index in [1.165, 1.54) is 0 Å². The SMILES string of the molecule is C[C@@H]1Oc2ccccc2O[C@@H]1C(=O)Nc1ccc2ccccc2n1. The Balaban J connectivity index is 1.55. The summed E-state index contributed by atoms with van der Waals surface area (Å²) in [5.41, 5.74) is 0.828. The summed E-state index contributed by atoms with van der Waals surface area (Å²) in [7, 11) is 0. The van der Waals surface area contributed by atoms with Crippen LogP contribution in [0.1, 0.15) is 6.92 Å². The number of carbonyl (C=O) groups is 1. The van der Waals surface area contributed by atoms with E-state index in [-0.39, 0.29) is 12.0 Å². The highest BCUT2D eigenvalue weighted by atomic mass is 16.6. The number of aromatic nitrogens is 1. The normalized spacial score (nSPS) is 19.0. The van der Waals surface area contributed by atoms with Crippen LogP contribution >= 0.6 is 0 Å². The van der Waals surface area contributed by atoms with Crippen molar-refractivity contribution in [2.24, 2.45) is 0 Å². The standard InChI is InChI=1S/C19H16N2O3/c1-12-18(24-16-9-5-4-8-15(16)23-12)19(22)21-17-11-10-13-6-2-3-7-14(13)20-17/h2-12,18H,1H3,(H,20,21,22)/t12-,18-/m0/s1. The molecule has 2 aromatic carbocycles. The largest absolute Gasteiger partial charge is 0.482 e. The predicted molar refractivity (Wildman–Crippen MR) is 91.3 cm³/mol. The first-order valence-electron chi connectivity index (χ1n) is 7.80. The van der Waals surface area contributed by atoms with Gasteiger partial charge in [-0.05, 0) is 37.3 Å². The number of anilines is 1. The third kappa shape index (κ3) is 2.65. The molecule has 5 heteroatoms. The Kier molecular flexibility index (Phi) is 3.54. The van der Waals surface area contributed by atoms with Crippen molar-refractivity contribution in [3.63, 3.8) is 0 Å². The van der Waals surface area contributed by atoms with E-state index in [1.807, 2.05) is 55.5 Å². The van der Waals surface area contributed by atoms with Crippen LogP contribution in [0.5, 0.6) is 11.5 Å². The number of para-hydroxylation sites is 3. The number of fused-ring (bicyclic) bond motifs is 2. The van der Waals surface area contributed by atoms with Gasteiger partial charge in [-0.3, -0.25) is 4.79 Å². The Labute approximate surface area is 139 Å². The molecule has 1 aliphatic rings. The van der Waals surface area contributed by atoms with E-state index in [9.17, 15) is 4.79 Å². The number of nitrogens with one attached hydrogen (secondary N) is 1. The zero-order valence-corrected chi connectivity index (χ0v) is 13.1. The Hall–Kier alpha value is -3.08. The molecule has 2 heterocycles. The van der Waals surface area contributed by atoms with Gasteiger partial charge in [-0.1, -0.05) is 30.3 Å². The highest BCUT2D eigenvalue weighted by Gasteiger charge is 2.34. The van der Waals surface area contributed by atoms with Crippen LogP contribution in [-0.4, -0.2) is 23.1 Å². The molecule has 0 bridgehead atoms. The molecule has 0 spiro atoms. The van der Waals surface area contributed by atoms with Crippen molar-refractivity contribution in [1.82, 2.24) is 4.98 Å². The fourth-order valence-corrected chi connectivity index (χ4v) is 2.74. The third-order valence-electron chi connectivity index (χ3n) is 3.95. The minimum atomic E-state index is -0.729. The van der Waals surface area contributed by atoms with Gasteiger partial charge in [-0.25, -0.2) is 4.98 Å². The molecular formula is C19H16N2O3. The van der Waals surface area contributed by atoms with Crippen LogP contribution in [-0.2, 0) is 4.79 Å². The van der Waals surface area contributed by atoms with Crippen LogP contribution in [0.3, 0.4) is 0 Å². The van der Waals surface area contributed by atoms with E-state index in [1.54, 1.807) is 12.1 Å². The minimum Gasteiger partial charge on any atom is -0.482 e. The smallest absolute Gasteiger partial charge is 0.270 e. The quantitative estimate of drug-likeness (QED) is 0.786. The fraction of sp³-hybridized carbons (Fsp3) is 0.158. The van der Waals surface area contributed by atoms with Crippen LogP contribution in [0.25, 0.3) is 10.9 Å². The summed E-state index contributed by atoms with van der Waals surface area (Å²) in [4.78, 5) is 17.0. The number of rotatable bonds is 2. The van der Waals surface area contributed by atoms with Gasteiger partial charge in [-0.2, -0.15) is 0 Å². The first kappa shape index (κ1) is 14.5. The number of benzene rings is 2. The lowest BCUT2D eigenvalue weighted by atomic mass is 10.1. The summed E-state index contributed by atoms with van der Waals surface area (Å²) in [5.74, 6) is 1.44. The summed E-state index contributed by atoms with van der Waals surface area (Å²) < 4.78 is 11.6. The van der Waals surface area contributed by atoms with Gasteiger partial charge in [0.05, 0.1) is 5.52 Å². The molecule has 0 saturated carbocycles. The molecule has 1 amide bonds. The van der Waals surface area contributed by atoms with Gasteiger partial charge in [0.25, 0.3) is 5.91 Å². The van der Waals surface area contributed by atoms with Crippen molar-refractivity contribution < 1.29 is 14.3 Å². The second-order valence-corrected chi connectivity index (χ2v) is 5.69. The molecule has 0 radical (unpaired) electrons. The van der Waals surface area contributed by atoms with Gasteiger partial charge < -0.3 is 14.8 Å². The maximum atomic E-state index is 12.6. The molecular weight excluding hydrogens is 304 g/mol. The average Bonchev–Trinajstić information content (AvgIpc) is 2.61. The number of amides is 1. The molecule has 4 rings (SSSR count). The van der Waals surface area contributed by atoms with Crippen LogP contribution in [0, 0.1) is 0 Å². The second kappa shape index (κ2) is 5.85. The van der Waals surface area contributed by atoms with Crippen molar-refractivity contribution in [3.05, 3.63) is 60.7 Å². The van der Waals surface area contributed by atoms with Crippen molar-refractivity contribution in [2.75, 3.05) is 5.32 Å². The summed E-state index contributed by atoms with van der Waals surface area (Å²) >= 11 is 0. The number of hydrogen-bond acceptors (Lipinski definition) is 4. The minimum absolute atomic E-state index is 0.278. The molecule has 0 unspecified atom stereocenters. The predicted octanol–water partition coefficient (Wildman–Crippen LogP) is 3.40. The monoisotopic (exact) mass is 320 g/mol. The zero-order valence-electron chi connectivity index (χ0n) is 13.1. The van der Waals surface area contributed by atoms with Gasteiger partial charge in [0.1, 0.15) is 11.9 Å². The van der Waals surface area contributed by atoms with Crippen LogP contribution in [0.15, 0.2) is 60.7 Å².